The van der Waals surface area contributed by atoms with E-state index in [9.17, 15) is 0 Å². The van der Waals surface area contributed by atoms with Crippen LogP contribution in [-0.2, 0) is 11.8 Å². The van der Waals surface area contributed by atoms with E-state index in [1.807, 2.05) is 0 Å². The molecule has 156 valence electrons. The molecule has 0 saturated heterocycles. The summed E-state index contributed by atoms with van der Waals surface area (Å²) in [6.45, 7) is 14.3. The summed E-state index contributed by atoms with van der Waals surface area (Å²) in [5, 5.41) is 0. The smallest absolute Gasteiger partial charge is 0.0243 e. The molecule has 0 nitrogen and oxygen atoms in total. The van der Waals surface area contributed by atoms with Crippen LogP contribution in [0.25, 0.3) is 11.1 Å². The monoisotopic (exact) mass is 388 g/mol. The maximum absolute atomic E-state index is 2.54. The molecule has 0 N–H and O–H groups in total. The molecule has 2 aromatic rings. The van der Waals surface area contributed by atoms with Gasteiger partial charge in [0.05, 0.1) is 0 Å². The zero-order valence-electron chi connectivity index (χ0n) is 19.6. The van der Waals surface area contributed by atoms with Crippen molar-refractivity contribution in [3.63, 3.8) is 0 Å². The van der Waals surface area contributed by atoms with Crippen molar-refractivity contribution in [3.8, 4) is 11.1 Å². The maximum atomic E-state index is 2.54. The molecule has 0 heteroatoms. The standard InChI is InChI=1S/C29H40/c1-19(2)8-7-9-20(3)16-17-29-23(6)12-15-24-22(5)11-14-26(28(24)29)25-13-10-21(4)18-27(25)29/h10-11,13-14,18-20,23H,7-9,12,15-17H2,1-6H3. The van der Waals surface area contributed by atoms with Gasteiger partial charge in [-0.3, -0.25) is 0 Å². The fraction of sp³-hybridized carbons (Fsp3) is 0.586. The van der Waals surface area contributed by atoms with Gasteiger partial charge in [-0.1, -0.05) is 82.9 Å². The van der Waals surface area contributed by atoms with Crippen LogP contribution < -0.4 is 0 Å². The summed E-state index contributed by atoms with van der Waals surface area (Å²) in [5.41, 5.74) is 11.2. The summed E-state index contributed by atoms with van der Waals surface area (Å²) in [7, 11) is 0. The lowest BCUT2D eigenvalue weighted by Crippen LogP contribution is -2.38. The zero-order valence-corrected chi connectivity index (χ0v) is 19.6. The Bertz CT molecular complexity index is 887. The van der Waals surface area contributed by atoms with Crippen LogP contribution in [0, 0.1) is 31.6 Å². The molecule has 2 aliphatic rings. The van der Waals surface area contributed by atoms with Crippen molar-refractivity contribution in [2.45, 2.75) is 91.9 Å². The molecular formula is C29H40. The normalized spacial score (nSPS) is 23.2. The quantitative estimate of drug-likeness (QED) is 0.446. The third kappa shape index (κ3) is 3.47. The second-order valence-corrected chi connectivity index (χ2v) is 10.7. The van der Waals surface area contributed by atoms with E-state index in [1.165, 1.54) is 61.6 Å². The van der Waals surface area contributed by atoms with Crippen LogP contribution in [0.2, 0.25) is 0 Å². The first-order chi connectivity index (χ1) is 13.8. The van der Waals surface area contributed by atoms with Crippen molar-refractivity contribution in [1.82, 2.24) is 0 Å². The van der Waals surface area contributed by atoms with Crippen LogP contribution in [0.4, 0.5) is 0 Å². The summed E-state index contributed by atoms with van der Waals surface area (Å²) in [5.74, 6) is 2.38. The highest BCUT2D eigenvalue weighted by atomic mass is 14.5. The van der Waals surface area contributed by atoms with Gasteiger partial charge in [-0.2, -0.15) is 0 Å². The van der Waals surface area contributed by atoms with Crippen molar-refractivity contribution in [1.29, 1.82) is 0 Å². The summed E-state index contributed by atoms with van der Waals surface area (Å²) in [6.07, 6.45) is 9.40. The molecule has 0 heterocycles. The molecule has 4 rings (SSSR count). The van der Waals surface area contributed by atoms with Gasteiger partial charge in [-0.25, -0.2) is 0 Å². The van der Waals surface area contributed by atoms with Crippen molar-refractivity contribution >= 4 is 0 Å². The van der Waals surface area contributed by atoms with Crippen LogP contribution in [0.1, 0.15) is 94.0 Å². The molecule has 0 saturated carbocycles. The summed E-state index contributed by atoms with van der Waals surface area (Å²) in [6, 6.07) is 12.1. The lowest BCUT2D eigenvalue weighted by Gasteiger charge is -2.44. The molecule has 29 heavy (non-hydrogen) atoms. The van der Waals surface area contributed by atoms with Crippen molar-refractivity contribution in [2.24, 2.45) is 17.8 Å². The van der Waals surface area contributed by atoms with Gasteiger partial charge in [0.2, 0.25) is 0 Å². The van der Waals surface area contributed by atoms with E-state index >= 15 is 0 Å². The Morgan fingerprint density at radius 3 is 2.48 bits per heavy atom. The van der Waals surface area contributed by atoms with E-state index in [0.717, 1.165) is 17.8 Å². The van der Waals surface area contributed by atoms with E-state index in [-0.39, 0.29) is 5.41 Å². The molecule has 0 spiro atoms. The summed E-state index contributed by atoms with van der Waals surface area (Å²) < 4.78 is 0. The highest BCUT2D eigenvalue weighted by Crippen LogP contribution is 2.60. The lowest BCUT2D eigenvalue weighted by atomic mass is 9.59. The van der Waals surface area contributed by atoms with Gasteiger partial charge >= 0.3 is 0 Å². The SMILES string of the molecule is Cc1ccc2c(c1)C1(CCC(C)CCCC(C)C)c3c-2ccc(C)c3CCC1C. The molecule has 3 atom stereocenters. The van der Waals surface area contributed by atoms with Crippen molar-refractivity contribution in [2.75, 3.05) is 0 Å². The topological polar surface area (TPSA) is 0 Å². The number of aryl methyl sites for hydroxylation is 2. The highest BCUT2D eigenvalue weighted by molar-refractivity contribution is 5.84. The Hall–Kier alpha value is -1.56. The number of rotatable bonds is 7. The first-order valence-corrected chi connectivity index (χ1v) is 12.1. The Balaban J connectivity index is 1.72. The number of hydrogen-bond donors (Lipinski definition) is 0. The highest BCUT2D eigenvalue weighted by Gasteiger charge is 2.50. The molecule has 0 aromatic heterocycles. The first-order valence-electron chi connectivity index (χ1n) is 12.1. The van der Waals surface area contributed by atoms with E-state index in [1.54, 1.807) is 22.3 Å². The van der Waals surface area contributed by atoms with Crippen molar-refractivity contribution in [3.05, 3.63) is 58.1 Å². The van der Waals surface area contributed by atoms with Crippen LogP contribution in [0.5, 0.6) is 0 Å². The predicted molar refractivity (Wildman–Crippen MR) is 127 cm³/mol. The molecule has 2 aromatic carbocycles. The van der Waals surface area contributed by atoms with Crippen LogP contribution >= 0.6 is 0 Å². The van der Waals surface area contributed by atoms with Gasteiger partial charge in [0.1, 0.15) is 0 Å². The Morgan fingerprint density at radius 1 is 0.966 bits per heavy atom. The maximum Gasteiger partial charge on any atom is 0.0243 e. The molecule has 0 amide bonds. The molecule has 0 radical (unpaired) electrons. The minimum Gasteiger partial charge on any atom is -0.0628 e. The molecule has 0 fully saturated rings. The minimum atomic E-state index is 0.239. The molecule has 2 aliphatic carbocycles. The molecular weight excluding hydrogens is 348 g/mol. The van der Waals surface area contributed by atoms with Gasteiger partial charge in [0.15, 0.2) is 0 Å². The summed E-state index contributed by atoms with van der Waals surface area (Å²) in [4.78, 5) is 0. The van der Waals surface area contributed by atoms with Crippen LogP contribution in [0.15, 0.2) is 30.3 Å². The third-order valence-electron chi connectivity index (χ3n) is 8.12. The predicted octanol–water partition coefficient (Wildman–Crippen LogP) is 8.39. The largest absolute Gasteiger partial charge is 0.0628 e. The molecule has 0 aliphatic heterocycles. The van der Waals surface area contributed by atoms with Crippen LogP contribution in [0.3, 0.4) is 0 Å². The Labute approximate surface area is 179 Å². The Kier molecular flexibility index (Phi) is 5.66. The van der Waals surface area contributed by atoms with E-state index in [4.69, 9.17) is 0 Å². The molecule has 3 unspecified atom stereocenters. The third-order valence-corrected chi connectivity index (χ3v) is 8.12. The fourth-order valence-electron chi connectivity index (χ4n) is 6.32. The molecule has 0 bridgehead atoms. The average Bonchev–Trinajstić information content (AvgIpc) is 2.96. The van der Waals surface area contributed by atoms with Gasteiger partial charge in [0, 0.05) is 5.41 Å². The average molecular weight is 389 g/mol. The first kappa shape index (κ1) is 20.7. The number of fused-ring (bicyclic) bond motifs is 3. The summed E-state index contributed by atoms with van der Waals surface area (Å²) >= 11 is 0. The van der Waals surface area contributed by atoms with Gasteiger partial charge in [-0.05, 0) is 90.7 Å². The fourth-order valence-corrected chi connectivity index (χ4v) is 6.32. The van der Waals surface area contributed by atoms with E-state index in [2.05, 4.69) is 71.9 Å². The van der Waals surface area contributed by atoms with Gasteiger partial charge < -0.3 is 0 Å². The number of hydrogen-bond acceptors (Lipinski definition) is 0. The zero-order chi connectivity index (χ0) is 20.8. The number of benzene rings is 2. The van der Waals surface area contributed by atoms with E-state index in [0.29, 0.717) is 0 Å². The van der Waals surface area contributed by atoms with E-state index < -0.39 is 0 Å². The van der Waals surface area contributed by atoms with Gasteiger partial charge in [0.25, 0.3) is 0 Å². The second kappa shape index (κ2) is 7.93. The second-order valence-electron chi connectivity index (χ2n) is 10.7. The van der Waals surface area contributed by atoms with Crippen LogP contribution in [-0.4, -0.2) is 0 Å². The van der Waals surface area contributed by atoms with Gasteiger partial charge in [-0.15, -0.1) is 0 Å². The minimum absolute atomic E-state index is 0.239. The Morgan fingerprint density at radius 2 is 1.72 bits per heavy atom. The lowest BCUT2D eigenvalue weighted by molar-refractivity contribution is 0.265. The van der Waals surface area contributed by atoms with Crippen molar-refractivity contribution < 1.29 is 0 Å².